The molecule has 38 heavy (non-hydrogen) atoms. The lowest BCUT2D eigenvalue weighted by Gasteiger charge is -2.48. The number of rotatable bonds is 8. The lowest BCUT2D eigenvalue weighted by atomic mass is 9.75. The van der Waals surface area contributed by atoms with Crippen molar-refractivity contribution in [3.63, 3.8) is 0 Å². The Kier molecular flexibility index (Phi) is 9.27. The average molecular weight is 537 g/mol. The molecule has 0 spiro atoms. The summed E-state index contributed by atoms with van der Waals surface area (Å²) in [6.07, 6.45) is -3.04. The third-order valence-electron chi connectivity index (χ3n) is 6.81. The van der Waals surface area contributed by atoms with Crippen molar-refractivity contribution in [1.29, 1.82) is 5.41 Å². The van der Waals surface area contributed by atoms with Crippen LogP contribution in [0.15, 0.2) is 84.9 Å². The van der Waals surface area contributed by atoms with Crippen LogP contribution in [-0.4, -0.2) is 58.6 Å². The largest absolute Gasteiger partial charge is 0.384 e. The van der Waals surface area contributed by atoms with Gasteiger partial charge in [-0.2, -0.15) is 0 Å². The predicted octanol–water partition coefficient (Wildman–Crippen LogP) is 3.53. The van der Waals surface area contributed by atoms with Crippen LogP contribution >= 0.6 is 12.4 Å². The number of benzene rings is 3. The van der Waals surface area contributed by atoms with E-state index in [1.807, 2.05) is 74.5 Å². The van der Waals surface area contributed by atoms with E-state index in [0.717, 1.165) is 11.1 Å². The Balaban J connectivity index is 0.00000400. The maximum Gasteiger partial charge on any atom is 0.256 e. The maximum absolute atomic E-state index is 13.7. The summed E-state index contributed by atoms with van der Waals surface area (Å²) < 4.78 is 5.63. The van der Waals surface area contributed by atoms with Gasteiger partial charge in [0.2, 0.25) is 0 Å². The molecule has 9 heteroatoms. The van der Waals surface area contributed by atoms with Crippen LogP contribution < -0.4 is 11.1 Å². The van der Waals surface area contributed by atoms with Gasteiger partial charge in [0, 0.05) is 29.3 Å². The molecule has 3 aromatic rings. The molecule has 5 N–H and O–H groups in total. The van der Waals surface area contributed by atoms with E-state index in [2.05, 4.69) is 5.32 Å². The normalized spacial score (nSPS) is 16.5. The first kappa shape index (κ1) is 28.8. The van der Waals surface area contributed by atoms with Crippen LogP contribution in [0, 0.1) is 5.41 Å². The number of nitrogens with one attached hydrogen (secondary N) is 2. The molecule has 2 unspecified atom stereocenters. The molecule has 2 amide bonds. The lowest BCUT2D eigenvalue weighted by Crippen LogP contribution is -2.62. The Morgan fingerprint density at radius 1 is 1.03 bits per heavy atom. The van der Waals surface area contributed by atoms with E-state index in [1.165, 1.54) is 0 Å². The number of halogens is 1. The number of anilines is 1. The van der Waals surface area contributed by atoms with E-state index in [0.29, 0.717) is 17.8 Å². The number of ether oxygens (including phenoxy) is 1. The second kappa shape index (κ2) is 12.2. The molecule has 1 fully saturated rings. The summed E-state index contributed by atoms with van der Waals surface area (Å²) in [7, 11) is 0. The van der Waals surface area contributed by atoms with Gasteiger partial charge < -0.3 is 25.8 Å². The zero-order valence-electron chi connectivity index (χ0n) is 21.3. The smallest absolute Gasteiger partial charge is 0.256 e. The van der Waals surface area contributed by atoms with Crippen LogP contribution in [0.25, 0.3) is 0 Å². The van der Waals surface area contributed by atoms with Gasteiger partial charge >= 0.3 is 0 Å². The number of morpholine rings is 1. The average Bonchev–Trinajstić information content (AvgIpc) is 2.90. The Bertz CT molecular complexity index is 1210. The zero-order valence-corrected chi connectivity index (χ0v) is 22.2. The molecule has 8 nitrogen and oxygen atoms in total. The molecule has 0 radical (unpaired) electrons. The molecule has 0 bridgehead atoms. The van der Waals surface area contributed by atoms with Gasteiger partial charge in [-0.3, -0.25) is 15.0 Å². The predicted molar refractivity (Wildman–Crippen MR) is 150 cm³/mol. The highest BCUT2D eigenvalue weighted by atomic mass is 35.5. The number of nitrogens with two attached hydrogens (primary N) is 1. The number of nitrogens with zero attached hydrogens (tertiary/aromatic N) is 1. The summed E-state index contributed by atoms with van der Waals surface area (Å²) in [5.74, 6) is -1.44. The first-order valence-corrected chi connectivity index (χ1v) is 12.2. The first-order valence-electron chi connectivity index (χ1n) is 12.2. The minimum absolute atomic E-state index is 0. The molecule has 0 aliphatic carbocycles. The number of aliphatic hydroxyl groups excluding tert-OH is 1. The Labute approximate surface area is 228 Å². The third kappa shape index (κ3) is 6.05. The molecule has 0 aromatic heterocycles. The SMILES string of the molecule is CC(C)(C(c1ccccc1)c1ccccc1)N1CCOC(C(O)C(=O)Nc2ccc(C(=N)N)cc2)C1=O.Cl. The van der Waals surface area contributed by atoms with Gasteiger partial charge in [-0.25, -0.2) is 0 Å². The van der Waals surface area contributed by atoms with Crippen molar-refractivity contribution >= 4 is 35.7 Å². The molecule has 2 atom stereocenters. The van der Waals surface area contributed by atoms with Crippen molar-refractivity contribution in [1.82, 2.24) is 4.90 Å². The second-order valence-corrected chi connectivity index (χ2v) is 9.61. The van der Waals surface area contributed by atoms with Crippen LogP contribution in [-0.2, 0) is 14.3 Å². The zero-order chi connectivity index (χ0) is 26.6. The summed E-state index contributed by atoms with van der Waals surface area (Å²) in [4.78, 5) is 28.2. The number of carbonyl (C=O) groups excluding carboxylic acids is 2. The number of nitrogen functional groups attached to an aromatic ring is 1. The minimum atomic E-state index is -1.70. The fourth-order valence-electron chi connectivity index (χ4n) is 4.95. The molecule has 1 aliphatic rings. The van der Waals surface area contributed by atoms with Gasteiger partial charge in [0.15, 0.2) is 12.2 Å². The van der Waals surface area contributed by atoms with E-state index >= 15 is 0 Å². The topological polar surface area (TPSA) is 129 Å². The van der Waals surface area contributed by atoms with Crippen LogP contribution in [0.1, 0.15) is 36.5 Å². The number of hydrogen-bond donors (Lipinski definition) is 4. The van der Waals surface area contributed by atoms with E-state index in [9.17, 15) is 14.7 Å². The van der Waals surface area contributed by atoms with Crippen molar-refractivity contribution in [2.45, 2.75) is 37.5 Å². The second-order valence-electron chi connectivity index (χ2n) is 9.61. The number of carbonyl (C=O) groups is 2. The molecule has 200 valence electrons. The van der Waals surface area contributed by atoms with Crippen LogP contribution in [0.4, 0.5) is 5.69 Å². The Morgan fingerprint density at radius 2 is 1.55 bits per heavy atom. The highest BCUT2D eigenvalue weighted by Gasteiger charge is 2.47. The van der Waals surface area contributed by atoms with E-state index in [-0.39, 0.29) is 30.8 Å². The van der Waals surface area contributed by atoms with Gasteiger partial charge in [0.1, 0.15) is 5.84 Å². The van der Waals surface area contributed by atoms with Crippen LogP contribution in [0.2, 0.25) is 0 Å². The number of amides is 2. The quantitative estimate of drug-likeness (QED) is 0.258. The van der Waals surface area contributed by atoms with Crippen molar-refractivity contribution < 1.29 is 19.4 Å². The fourth-order valence-corrected chi connectivity index (χ4v) is 4.95. The van der Waals surface area contributed by atoms with E-state index in [1.54, 1.807) is 29.2 Å². The lowest BCUT2D eigenvalue weighted by molar-refractivity contribution is -0.173. The first-order chi connectivity index (χ1) is 17.7. The van der Waals surface area contributed by atoms with Gasteiger partial charge in [-0.1, -0.05) is 60.7 Å². The molecular formula is C29H33ClN4O4. The minimum Gasteiger partial charge on any atom is -0.384 e. The number of aliphatic hydroxyl groups is 1. The molecule has 1 saturated heterocycles. The van der Waals surface area contributed by atoms with Gasteiger partial charge in [-0.15, -0.1) is 12.4 Å². The van der Waals surface area contributed by atoms with E-state index < -0.39 is 29.6 Å². The summed E-state index contributed by atoms with van der Waals surface area (Å²) in [6, 6.07) is 26.3. The standard InChI is InChI=1S/C29H32N4O4.ClH/c1-29(2,23(19-9-5-3-6-10-19)20-11-7-4-8-12-20)33-17-18-37-25(28(33)36)24(34)27(35)32-22-15-13-21(14-16-22)26(30)31;/h3-16,23-25,34H,17-18H2,1-2H3,(H3,30,31)(H,32,35);1H. The molecular weight excluding hydrogens is 504 g/mol. The highest BCUT2D eigenvalue weighted by molar-refractivity contribution is 6.00. The molecule has 1 aliphatic heterocycles. The number of hydrogen-bond acceptors (Lipinski definition) is 5. The van der Waals surface area contributed by atoms with Crippen molar-refractivity contribution in [2.75, 3.05) is 18.5 Å². The Hall–Kier alpha value is -3.72. The van der Waals surface area contributed by atoms with Crippen LogP contribution in [0.3, 0.4) is 0 Å². The third-order valence-corrected chi connectivity index (χ3v) is 6.81. The Morgan fingerprint density at radius 3 is 2.05 bits per heavy atom. The van der Waals surface area contributed by atoms with Gasteiger partial charge in [0.05, 0.1) is 6.61 Å². The summed E-state index contributed by atoms with van der Waals surface area (Å²) in [6.45, 7) is 4.52. The summed E-state index contributed by atoms with van der Waals surface area (Å²) in [5, 5.41) is 20.9. The monoisotopic (exact) mass is 536 g/mol. The van der Waals surface area contributed by atoms with Gasteiger partial charge in [-0.05, 0) is 49.2 Å². The van der Waals surface area contributed by atoms with Crippen LogP contribution in [0.5, 0.6) is 0 Å². The van der Waals surface area contributed by atoms with Gasteiger partial charge in [0.25, 0.3) is 11.8 Å². The molecule has 4 rings (SSSR count). The maximum atomic E-state index is 13.7. The number of amidine groups is 1. The summed E-state index contributed by atoms with van der Waals surface area (Å²) in [5.41, 5.74) is 7.80. The molecule has 3 aromatic carbocycles. The van der Waals surface area contributed by atoms with Crippen molar-refractivity contribution in [3.8, 4) is 0 Å². The fraction of sp³-hybridized carbons (Fsp3) is 0.276. The van der Waals surface area contributed by atoms with Crippen molar-refractivity contribution in [3.05, 3.63) is 102 Å². The van der Waals surface area contributed by atoms with E-state index in [4.69, 9.17) is 15.9 Å². The summed E-state index contributed by atoms with van der Waals surface area (Å²) >= 11 is 0. The molecule has 1 heterocycles. The highest BCUT2D eigenvalue weighted by Crippen LogP contribution is 2.40. The molecule has 0 saturated carbocycles. The van der Waals surface area contributed by atoms with Crippen molar-refractivity contribution in [2.24, 2.45) is 5.73 Å².